The lowest BCUT2D eigenvalue weighted by molar-refractivity contribution is -0.163. The molecule has 0 rings (SSSR count). The minimum Gasteiger partial charge on any atom is -0.462 e. The maximum atomic E-state index is 12.8. The first kappa shape index (κ1) is 58.0. The molecule has 0 aliphatic carbocycles. The smallest absolute Gasteiger partial charge is 0.306 e. The van der Waals surface area contributed by atoms with Gasteiger partial charge < -0.3 is 14.2 Å². The van der Waals surface area contributed by atoms with Crippen LogP contribution in [0.2, 0.25) is 0 Å². The molecule has 0 radical (unpaired) electrons. The molecule has 0 fully saturated rings. The molecule has 62 heavy (non-hydrogen) atoms. The molecule has 0 heterocycles. The SMILES string of the molecule is CC/C=C\C/C=C\C/C=C\C/C=C\C/C=C\CCCCOCC(COC(=O)CCCCCCC/C=C\C/C=C\C/C=C\CC)OC(=O)CCCCC/C=C\C/C=C\C/C=C\CC. The summed E-state index contributed by atoms with van der Waals surface area (Å²) >= 11 is 0. The lowest BCUT2D eigenvalue weighted by Crippen LogP contribution is -2.30. The van der Waals surface area contributed by atoms with Gasteiger partial charge in [-0.1, -0.05) is 180 Å². The van der Waals surface area contributed by atoms with Gasteiger partial charge in [-0.05, 0) is 128 Å². The third-order valence-electron chi connectivity index (χ3n) is 9.66. The lowest BCUT2D eigenvalue weighted by Gasteiger charge is -2.18. The highest BCUT2D eigenvalue weighted by atomic mass is 16.6. The number of allylic oxidation sites excluding steroid dienone is 22. The van der Waals surface area contributed by atoms with Crippen LogP contribution in [0.1, 0.15) is 188 Å². The number of carbonyl (C=O) groups is 2. The number of hydrogen-bond donors (Lipinski definition) is 0. The zero-order valence-electron chi connectivity index (χ0n) is 39.8. The van der Waals surface area contributed by atoms with Crippen molar-refractivity contribution in [2.75, 3.05) is 19.8 Å². The first-order chi connectivity index (χ1) is 30.6. The molecule has 5 heteroatoms. The molecule has 0 bridgehead atoms. The highest BCUT2D eigenvalue weighted by Crippen LogP contribution is 2.11. The third kappa shape index (κ3) is 48.7. The maximum absolute atomic E-state index is 12.8. The number of hydrogen-bond acceptors (Lipinski definition) is 5. The van der Waals surface area contributed by atoms with Crippen molar-refractivity contribution >= 4 is 11.9 Å². The molecule has 0 amide bonds. The summed E-state index contributed by atoms with van der Waals surface area (Å²) in [4.78, 5) is 25.3. The van der Waals surface area contributed by atoms with E-state index in [1.165, 1.54) is 12.8 Å². The van der Waals surface area contributed by atoms with E-state index >= 15 is 0 Å². The van der Waals surface area contributed by atoms with Crippen LogP contribution in [0.25, 0.3) is 0 Å². The van der Waals surface area contributed by atoms with Crippen LogP contribution >= 0.6 is 0 Å². The predicted molar refractivity (Wildman–Crippen MR) is 269 cm³/mol. The standard InChI is InChI=1S/C57H90O5/c1-4-7-10-13-16-19-22-25-27-28-29-31-34-37-40-43-46-49-52-60-53-55(62-57(59)51-48-45-42-39-36-32-24-21-18-15-12-9-6-3)54-61-56(58)50-47-44-41-38-35-33-30-26-23-20-17-14-11-8-5-2/h7-12,16-21,25-27,29-32,36-37,40,55H,4-6,13-15,22-24,28,33-35,38-39,41-54H2,1-3H3/b10-7-,11-8-,12-9-,19-16-,20-17-,21-18-,27-25-,30-26-,31-29-,36-32-,40-37-. The average Bonchev–Trinajstić information content (AvgIpc) is 3.27. The Balaban J connectivity index is 4.45. The van der Waals surface area contributed by atoms with Gasteiger partial charge in [0.2, 0.25) is 0 Å². The largest absolute Gasteiger partial charge is 0.462 e. The number of carbonyl (C=O) groups excluding carboxylic acids is 2. The fraction of sp³-hybridized carbons (Fsp3) is 0.579. The van der Waals surface area contributed by atoms with Gasteiger partial charge in [0.25, 0.3) is 0 Å². The molecule has 5 nitrogen and oxygen atoms in total. The molecule has 0 N–H and O–H groups in total. The summed E-state index contributed by atoms with van der Waals surface area (Å²) in [5, 5.41) is 0. The van der Waals surface area contributed by atoms with E-state index in [0.717, 1.165) is 141 Å². The number of ether oxygens (including phenoxy) is 3. The van der Waals surface area contributed by atoms with Crippen LogP contribution in [0.3, 0.4) is 0 Å². The Hall–Kier alpha value is -3.96. The zero-order chi connectivity index (χ0) is 44.9. The molecule has 1 atom stereocenters. The molecular weight excluding hydrogens is 765 g/mol. The van der Waals surface area contributed by atoms with Crippen LogP contribution < -0.4 is 0 Å². The fourth-order valence-electron chi connectivity index (χ4n) is 6.09. The van der Waals surface area contributed by atoms with Gasteiger partial charge in [0, 0.05) is 19.4 Å². The van der Waals surface area contributed by atoms with Crippen LogP contribution in [-0.4, -0.2) is 37.9 Å². The summed E-state index contributed by atoms with van der Waals surface area (Å²) in [6, 6.07) is 0. The van der Waals surface area contributed by atoms with Crippen LogP contribution in [0.4, 0.5) is 0 Å². The summed E-state index contributed by atoms with van der Waals surface area (Å²) < 4.78 is 17.3. The van der Waals surface area contributed by atoms with E-state index < -0.39 is 6.10 Å². The van der Waals surface area contributed by atoms with Crippen LogP contribution in [0.5, 0.6) is 0 Å². The van der Waals surface area contributed by atoms with Gasteiger partial charge in [-0.15, -0.1) is 0 Å². The highest BCUT2D eigenvalue weighted by molar-refractivity contribution is 5.70. The Labute approximate surface area is 381 Å². The summed E-state index contributed by atoms with van der Waals surface area (Å²) in [6.45, 7) is 7.31. The Morgan fingerprint density at radius 3 is 1.10 bits per heavy atom. The molecule has 348 valence electrons. The van der Waals surface area contributed by atoms with E-state index in [9.17, 15) is 9.59 Å². The molecule has 0 saturated heterocycles. The van der Waals surface area contributed by atoms with Crippen molar-refractivity contribution in [3.8, 4) is 0 Å². The molecule has 1 unspecified atom stereocenters. The van der Waals surface area contributed by atoms with Crippen LogP contribution in [0.15, 0.2) is 134 Å². The first-order valence-electron chi connectivity index (χ1n) is 24.7. The van der Waals surface area contributed by atoms with Gasteiger partial charge in [-0.25, -0.2) is 0 Å². The number of unbranched alkanes of at least 4 members (excludes halogenated alkanes) is 10. The summed E-state index contributed by atoms with van der Waals surface area (Å²) in [5.74, 6) is -0.488. The van der Waals surface area contributed by atoms with Crippen molar-refractivity contribution in [1.82, 2.24) is 0 Å². The average molecular weight is 855 g/mol. The van der Waals surface area contributed by atoms with Gasteiger partial charge >= 0.3 is 11.9 Å². The van der Waals surface area contributed by atoms with Crippen molar-refractivity contribution in [3.05, 3.63) is 134 Å². The molecule has 0 aliphatic rings. The van der Waals surface area contributed by atoms with Gasteiger partial charge in [0.15, 0.2) is 6.10 Å². The Morgan fingerprint density at radius 2 is 0.677 bits per heavy atom. The maximum Gasteiger partial charge on any atom is 0.306 e. The fourth-order valence-corrected chi connectivity index (χ4v) is 6.09. The molecule has 0 saturated carbocycles. The highest BCUT2D eigenvalue weighted by Gasteiger charge is 2.17. The van der Waals surface area contributed by atoms with Crippen LogP contribution in [0, 0.1) is 0 Å². The molecule has 0 aromatic rings. The Morgan fingerprint density at radius 1 is 0.355 bits per heavy atom. The Bertz CT molecular complexity index is 1330. The molecule has 0 aromatic carbocycles. The van der Waals surface area contributed by atoms with Crippen molar-refractivity contribution in [3.63, 3.8) is 0 Å². The second kappa shape index (κ2) is 51.4. The van der Waals surface area contributed by atoms with E-state index in [-0.39, 0.29) is 25.2 Å². The monoisotopic (exact) mass is 855 g/mol. The van der Waals surface area contributed by atoms with E-state index in [0.29, 0.717) is 19.4 Å². The van der Waals surface area contributed by atoms with Gasteiger partial charge in [0.1, 0.15) is 6.61 Å². The lowest BCUT2D eigenvalue weighted by atomic mass is 10.1. The predicted octanol–water partition coefficient (Wildman–Crippen LogP) is 16.8. The van der Waals surface area contributed by atoms with Gasteiger partial charge in [-0.2, -0.15) is 0 Å². The summed E-state index contributed by atoms with van der Waals surface area (Å²) in [5.41, 5.74) is 0. The summed E-state index contributed by atoms with van der Waals surface area (Å²) in [7, 11) is 0. The number of rotatable bonds is 43. The molecule has 0 aliphatic heterocycles. The number of esters is 2. The van der Waals surface area contributed by atoms with E-state index in [1.54, 1.807) is 0 Å². The van der Waals surface area contributed by atoms with E-state index in [4.69, 9.17) is 14.2 Å². The third-order valence-corrected chi connectivity index (χ3v) is 9.66. The second-order valence-corrected chi connectivity index (χ2v) is 15.6. The van der Waals surface area contributed by atoms with Gasteiger partial charge in [0.05, 0.1) is 6.61 Å². The minimum absolute atomic E-state index is 0.0374. The normalized spacial score (nSPS) is 13.4. The van der Waals surface area contributed by atoms with Gasteiger partial charge in [-0.3, -0.25) is 9.59 Å². The van der Waals surface area contributed by atoms with Crippen LogP contribution in [-0.2, 0) is 23.8 Å². The molecule has 0 spiro atoms. The first-order valence-corrected chi connectivity index (χ1v) is 24.7. The quantitative estimate of drug-likeness (QED) is 0.0347. The van der Waals surface area contributed by atoms with Crippen molar-refractivity contribution in [2.24, 2.45) is 0 Å². The topological polar surface area (TPSA) is 61.8 Å². The summed E-state index contributed by atoms with van der Waals surface area (Å²) in [6.07, 6.45) is 73.2. The Kier molecular flexibility index (Phi) is 48.1. The van der Waals surface area contributed by atoms with Crippen molar-refractivity contribution in [1.29, 1.82) is 0 Å². The van der Waals surface area contributed by atoms with E-state index in [1.807, 2.05) is 0 Å². The zero-order valence-corrected chi connectivity index (χ0v) is 39.8. The molecular formula is C57H90O5. The van der Waals surface area contributed by atoms with E-state index in [2.05, 4.69) is 154 Å². The second-order valence-electron chi connectivity index (χ2n) is 15.6. The minimum atomic E-state index is -0.590. The van der Waals surface area contributed by atoms with Crippen molar-refractivity contribution < 1.29 is 23.8 Å². The molecule has 0 aromatic heterocycles. The van der Waals surface area contributed by atoms with Crippen molar-refractivity contribution in [2.45, 2.75) is 194 Å².